The molecule has 2 atom stereocenters. The van der Waals surface area contributed by atoms with Crippen LogP contribution in [0, 0.1) is 5.92 Å². The van der Waals surface area contributed by atoms with E-state index < -0.39 is 6.04 Å². The standard InChI is InChI=1S/C18H24N2O4/c1-13(19-16(21)14-6-3-2-4-7-14)17(22)20-9-5-8-15(12-20)18-23-10-11-24-18/h2-4,6-7,13,15,18H,5,8-12H2,1H3,(H,19,21). The van der Waals surface area contributed by atoms with E-state index in [-0.39, 0.29) is 24.0 Å². The first-order chi connectivity index (χ1) is 11.6. The molecule has 2 amide bonds. The van der Waals surface area contributed by atoms with Gasteiger partial charge in [0, 0.05) is 24.6 Å². The molecule has 1 aromatic carbocycles. The number of hydrogen-bond donors (Lipinski definition) is 1. The quantitative estimate of drug-likeness (QED) is 0.905. The minimum atomic E-state index is -0.554. The lowest BCUT2D eigenvalue weighted by molar-refractivity contribution is -0.140. The van der Waals surface area contributed by atoms with Gasteiger partial charge in [0.2, 0.25) is 5.91 Å². The van der Waals surface area contributed by atoms with Crippen LogP contribution in [-0.4, -0.2) is 55.3 Å². The van der Waals surface area contributed by atoms with Crippen molar-refractivity contribution < 1.29 is 19.1 Å². The second-order valence-electron chi connectivity index (χ2n) is 6.36. The number of nitrogens with zero attached hydrogens (tertiary/aromatic N) is 1. The lowest BCUT2D eigenvalue weighted by Crippen LogP contribution is -2.51. The second kappa shape index (κ2) is 7.77. The molecule has 0 radical (unpaired) electrons. The molecular weight excluding hydrogens is 308 g/mol. The van der Waals surface area contributed by atoms with Crippen LogP contribution in [0.1, 0.15) is 30.1 Å². The Morgan fingerprint density at radius 3 is 2.62 bits per heavy atom. The van der Waals surface area contributed by atoms with Crippen molar-refractivity contribution in [2.75, 3.05) is 26.3 Å². The molecule has 1 N–H and O–H groups in total. The lowest BCUT2D eigenvalue weighted by atomic mass is 9.97. The Kier molecular flexibility index (Phi) is 5.48. The Morgan fingerprint density at radius 2 is 1.92 bits per heavy atom. The van der Waals surface area contributed by atoms with E-state index in [9.17, 15) is 9.59 Å². The van der Waals surface area contributed by atoms with Crippen LogP contribution in [-0.2, 0) is 14.3 Å². The van der Waals surface area contributed by atoms with Gasteiger partial charge in [-0.15, -0.1) is 0 Å². The lowest BCUT2D eigenvalue weighted by Gasteiger charge is -2.36. The number of amides is 2. The van der Waals surface area contributed by atoms with E-state index in [0.717, 1.165) is 12.8 Å². The summed E-state index contributed by atoms with van der Waals surface area (Å²) >= 11 is 0. The fraction of sp³-hybridized carbons (Fsp3) is 0.556. The zero-order valence-electron chi connectivity index (χ0n) is 13.9. The van der Waals surface area contributed by atoms with Gasteiger partial charge in [-0.3, -0.25) is 9.59 Å². The number of benzene rings is 1. The van der Waals surface area contributed by atoms with Crippen LogP contribution in [0.15, 0.2) is 30.3 Å². The third-order valence-electron chi connectivity index (χ3n) is 4.56. The first-order valence-electron chi connectivity index (χ1n) is 8.53. The van der Waals surface area contributed by atoms with Crippen molar-refractivity contribution in [2.45, 2.75) is 32.1 Å². The number of carbonyl (C=O) groups is 2. The monoisotopic (exact) mass is 332 g/mol. The maximum Gasteiger partial charge on any atom is 0.251 e. The first-order valence-corrected chi connectivity index (χ1v) is 8.53. The molecule has 1 aromatic rings. The summed E-state index contributed by atoms with van der Waals surface area (Å²) in [5, 5.41) is 2.78. The summed E-state index contributed by atoms with van der Waals surface area (Å²) in [5.41, 5.74) is 0.557. The Balaban J connectivity index is 1.55. The van der Waals surface area contributed by atoms with E-state index in [2.05, 4.69) is 5.32 Å². The molecule has 0 bridgehead atoms. The van der Waals surface area contributed by atoms with Gasteiger partial charge in [0.05, 0.1) is 13.2 Å². The van der Waals surface area contributed by atoms with Crippen molar-refractivity contribution in [3.8, 4) is 0 Å². The average Bonchev–Trinajstić information content (AvgIpc) is 3.16. The minimum absolute atomic E-state index is 0.0537. The molecule has 6 heteroatoms. The van der Waals surface area contributed by atoms with Gasteiger partial charge >= 0.3 is 0 Å². The van der Waals surface area contributed by atoms with Gasteiger partial charge < -0.3 is 19.7 Å². The summed E-state index contributed by atoms with van der Waals surface area (Å²) in [4.78, 5) is 26.7. The molecule has 2 aliphatic rings. The highest BCUT2D eigenvalue weighted by Crippen LogP contribution is 2.25. The first kappa shape index (κ1) is 16.9. The Bertz CT molecular complexity index is 572. The van der Waals surface area contributed by atoms with Crippen LogP contribution in [0.3, 0.4) is 0 Å². The Hall–Kier alpha value is -1.92. The molecule has 3 rings (SSSR count). The number of hydrogen-bond acceptors (Lipinski definition) is 4. The molecule has 0 saturated carbocycles. The molecule has 0 aromatic heterocycles. The SMILES string of the molecule is CC(NC(=O)c1ccccc1)C(=O)N1CCCC(C2OCCO2)C1. The number of likely N-dealkylation sites (tertiary alicyclic amines) is 1. The highest BCUT2D eigenvalue weighted by Gasteiger charge is 2.34. The summed E-state index contributed by atoms with van der Waals surface area (Å²) in [6, 6.07) is 8.38. The van der Waals surface area contributed by atoms with Crippen molar-refractivity contribution in [2.24, 2.45) is 5.92 Å². The highest BCUT2D eigenvalue weighted by molar-refractivity contribution is 5.97. The number of piperidine rings is 1. The van der Waals surface area contributed by atoms with Crippen LogP contribution in [0.25, 0.3) is 0 Å². The normalized spacial score (nSPS) is 23.0. The summed E-state index contributed by atoms with van der Waals surface area (Å²) in [6.45, 7) is 4.31. The van der Waals surface area contributed by atoms with Gasteiger partial charge in [0.25, 0.3) is 5.91 Å². The fourth-order valence-electron chi connectivity index (χ4n) is 3.29. The van der Waals surface area contributed by atoms with Crippen molar-refractivity contribution in [3.63, 3.8) is 0 Å². The molecule has 2 aliphatic heterocycles. The van der Waals surface area contributed by atoms with Crippen molar-refractivity contribution in [3.05, 3.63) is 35.9 Å². The van der Waals surface area contributed by atoms with Crippen LogP contribution in [0.5, 0.6) is 0 Å². The summed E-state index contributed by atoms with van der Waals surface area (Å²) in [6.07, 6.45) is 1.73. The van der Waals surface area contributed by atoms with E-state index in [0.29, 0.717) is 31.9 Å². The van der Waals surface area contributed by atoms with E-state index in [1.165, 1.54) is 0 Å². The molecule has 6 nitrogen and oxygen atoms in total. The largest absolute Gasteiger partial charge is 0.350 e. The molecule has 2 heterocycles. The molecule has 2 fully saturated rings. The van der Waals surface area contributed by atoms with Gasteiger partial charge in [-0.1, -0.05) is 18.2 Å². The van der Waals surface area contributed by atoms with E-state index >= 15 is 0 Å². The second-order valence-corrected chi connectivity index (χ2v) is 6.36. The molecule has 130 valence electrons. The predicted molar refractivity (Wildman–Crippen MR) is 88.4 cm³/mol. The molecule has 0 spiro atoms. The molecule has 2 saturated heterocycles. The Morgan fingerprint density at radius 1 is 1.21 bits per heavy atom. The van der Waals surface area contributed by atoms with Gasteiger partial charge in [-0.25, -0.2) is 0 Å². The molecule has 24 heavy (non-hydrogen) atoms. The van der Waals surface area contributed by atoms with Crippen LogP contribution < -0.4 is 5.32 Å². The van der Waals surface area contributed by atoms with E-state index in [1.54, 1.807) is 31.2 Å². The van der Waals surface area contributed by atoms with E-state index in [4.69, 9.17) is 9.47 Å². The number of rotatable bonds is 4. The number of ether oxygens (including phenoxy) is 2. The van der Waals surface area contributed by atoms with Gasteiger partial charge in [-0.05, 0) is 31.9 Å². The van der Waals surface area contributed by atoms with Crippen molar-refractivity contribution in [1.29, 1.82) is 0 Å². The maximum absolute atomic E-state index is 12.7. The van der Waals surface area contributed by atoms with E-state index in [1.807, 2.05) is 11.0 Å². The zero-order chi connectivity index (χ0) is 16.9. The molecular formula is C18H24N2O4. The summed E-state index contributed by atoms with van der Waals surface area (Å²) < 4.78 is 11.1. The van der Waals surface area contributed by atoms with Gasteiger partial charge in [0.1, 0.15) is 6.04 Å². The fourth-order valence-corrected chi connectivity index (χ4v) is 3.29. The van der Waals surface area contributed by atoms with Gasteiger partial charge in [0.15, 0.2) is 6.29 Å². The third kappa shape index (κ3) is 3.94. The number of nitrogens with one attached hydrogen (secondary N) is 1. The molecule has 0 aliphatic carbocycles. The predicted octanol–water partition coefficient (Wildman–Crippen LogP) is 1.42. The van der Waals surface area contributed by atoms with Crippen LogP contribution in [0.2, 0.25) is 0 Å². The van der Waals surface area contributed by atoms with Crippen LogP contribution >= 0.6 is 0 Å². The maximum atomic E-state index is 12.7. The van der Waals surface area contributed by atoms with Gasteiger partial charge in [-0.2, -0.15) is 0 Å². The average molecular weight is 332 g/mol. The summed E-state index contributed by atoms with van der Waals surface area (Å²) in [7, 11) is 0. The molecule has 2 unspecified atom stereocenters. The smallest absolute Gasteiger partial charge is 0.251 e. The van der Waals surface area contributed by atoms with Crippen molar-refractivity contribution in [1.82, 2.24) is 10.2 Å². The van der Waals surface area contributed by atoms with Crippen molar-refractivity contribution >= 4 is 11.8 Å². The topological polar surface area (TPSA) is 67.9 Å². The summed E-state index contributed by atoms with van der Waals surface area (Å²) in [5.74, 6) is -0.0725. The Labute approximate surface area is 142 Å². The van der Waals surface area contributed by atoms with Crippen LogP contribution in [0.4, 0.5) is 0 Å². The zero-order valence-corrected chi connectivity index (χ0v) is 13.9. The third-order valence-corrected chi connectivity index (χ3v) is 4.56. The highest BCUT2D eigenvalue weighted by atomic mass is 16.7. The minimum Gasteiger partial charge on any atom is -0.350 e. The number of carbonyl (C=O) groups excluding carboxylic acids is 2.